The Labute approximate surface area is 60.1 Å². The number of rotatable bonds is 0. The fourth-order valence-electron chi connectivity index (χ4n) is 1.68. The minimum atomic E-state index is 0.308. The number of hydrogen-bond donors (Lipinski definition) is 0. The van der Waals surface area contributed by atoms with Gasteiger partial charge in [0.15, 0.2) is 0 Å². The minimum Gasteiger partial charge on any atom is -0.206 e. The predicted molar refractivity (Wildman–Crippen MR) is 33.9 cm³/mol. The summed E-state index contributed by atoms with van der Waals surface area (Å²) in [6.45, 7) is 0.713. The average Bonchev–Trinajstić information content (AvgIpc) is 2.05. The van der Waals surface area contributed by atoms with Gasteiger partial charge in [0.2, 0.25) is 0 Å². The van der Waals surface area contributed by atoms with E-state index in [0.717, 1.165) is 6.42 Å². The first-order valence-electron chi connectivity index (χ1n) is 3.92. The van der Waals surface area contributed by atoms with Crippen molar-refractivity contribution < 1.29 is 14.8 Å². The summed E-state index contributed by atoms with van der Waals surface area (Å²) in [5.41, 5.74) is 0. The van der Waals surface area contributed by atoms with Crippen LogP contribution < -0.4 is 0 Å². The molecule has 2 aliphatic rings. The molecule has 58 valence electrons. The van der Waals surface area contributed by atoms with E-state index in [-0.39, 0.29) is 0 Å². The van der Waals surface area contributed by atoms with Crippen molar-refractivity contribution in [3.8, 4) is 0 Å². The van der Waals surface area contributed by atoms with Gasteiger partial charge in [-0.25, -0.2) is 9.78 Å². The standard InChI is InChI=1S/C7H12O3/c1-2-4-7-6(3-1)5-8-10-9-7/h6-7H,1-5H2/t6-,7+/m0/s1. The number of fused-ring (bicyclic) bond motifs is 1. The van der Waals surface area contributed by atoms with Crippen molar-refractivity contribution in [2.24, 2.45) is 5.92 Å². The van der Waals surface area contributed by atoms with E-state index >= 15 is 0 Å². The van der Waals surface area contributed by atoms with Crippen molar-refractivity contribution in [1.29, 1.82) is 0 Å². The van der Waals surface area contributed by atoms with E-state index in [1.807, 2.05) is 0 Å². The third-order valence-corrected chi connectivity index (χ3v) is 2.33. The Hall–Kier alpha value is -0.120. The van der Waals surface area contributed by atoms with Crippen molar-refractivity contribution in [1.82, 2.24) is 0 Å². The van der Waals surface area contributed by atoms with Gasteiger partial charge in [-0.3, -0.25) is 0 Å². The topological polar surface area (TPSA) is 27.7 Å². The second-order valence-corrected chi connectivity index (χ2v) is 3.03. The molecular formula is C7H12O3. The van der Waals surface area contributed by atoms with Gasteiger partial charge in [0.1, 0.15) is 6.10 Å². The summed E-state index contributed by atoms with van der Waals surface area (Å²) in [7, 11) is 0. The number of hydrogen-bond acceptors (Lipinski definition) is 3. The van der Waals surface area contributed by atoms with Crippen LogP contribution in [0.4, 0.5) is 0 Å². The summed E-state index contributed by atoms with van der Waals surface area (Å²) in [5, 5.41) is 4.44. The van der Waals surface area contributed by atoms with Crippen LogP contribution in [0, 0.1) is 5.92 Å². The largest absolute Gasteiger partial charge is 0.206 e. The summed E-state index contributed by atoms with van der Waals surface area (Å²) < 4.78 is 0. The molecule has 1 saturated heterocycles. The second-order valence-electron chi connectivity index (χ2n) is 3.03. The molecule has 0 aromatic heterocycles. The first-order valence-corrected chi connectivity index (χ1v) is 3.92. The van der Waals surface area contributed by atoms with Gasteiger partial charge in [-0.2, -0.15) is 0 Å². The normalized spacial score (nSPS) is 40.8. The van der Waals surface area contributed by atoms with E-state index in [1.54, 1.807) is 0 Å². The van der Waals surface area contributed by atoms with Gasteiger partial charge in [-0.1, -0.05) is 17.9 Å². The van der Waals surface area contributed by atoms with Crippen LogP contribution >= 0.6 is 0 Å². The van der Waals surface area contributed by atoms with Crippen LogP contribution in [0.25, 0.3) is 0 Å². The molecule has 0 radical (unpaired) electrons. The molecule has 1 saturated carbocycles. The molecule has 0 aromatic rings. The Morgan fingerprint density at radius 1 is 1.10 bits per heavy atom. The van der Waals surface area contributed by atoms with Crippen molar-refractivity contribution in [3.63, 3.8) is 0 Å². The lowest BCUT2D eigenvalue weighted by Crippen LogP contribution is -2.35. The maximum absolute atomic E-state index is 4.96. The van der Waals surface area contributed by atoms with Gasteiger partial charge in [0.05, 0.1) is 6.61 Å². The Morgan fingerprint density at radius 2 is 2.00 bits per heavy atom. The highest BCUT2D eigenvalue weighted by atomic mass is 17.5. The molecule has 3 nitrogen and oxygen atoms in total. The Balaban J connectivity index is 1.93. The van der Waals surface area contributed by atoms with Crippen molar-refractivity contribution in [2.75, 3.05) is 6.61 Å². The quantitative estimate of drug-likeness (QED) is 0.481. The van der Waals surface area contributed by atoms with Crippen LogP contribution in [0.1, 0.15) is 25.7 Å². The van der Waals surface area contributed by atoms with Crippen molar-refractivity contribution in [3.05, 3.63) is 0 Å². The van der Waals surface area contributed by atoms with Crippen LogP contribution in [0.2, 0.25) is 0 Å². The molecule has 3 heteroatoms. The first kappa shape index (κ1) is 6.58. The zero-order chi connectivity index (χ0) is 6.81. The second kappa shape index (κ2) is 2.86. The maximum Gasteiger partial charge on any atom is 0.101 e. The Kier molecular flexibility index (Phi) is 1.88. The Bertz CT molecular complexity index is 89.4. The third kappa shape index (κ3) is 1.17. The lowest BCUT2D eigenvalue weighted by molar-refractivity contribution is -0.560. The van der Waals surface area contributed by atoms with E-state index in [4.69, 9.17) is 9.78 Å². The highest BCUT2D eigenvalue weighted by Crippen LogP contribution is 2.29. The molecular weight excluding hydrogens is 132 g/mol. The molecule has 10 heavy (non-hydrogen) atoms. The fraction of sp³-hybridized carbons (Fsp3) is 1.00. The molecule has 1 aliphatic heterocycles. The van der Waals surface area contributed by atoms with E-state index in [2.05, 4.69) is 5.04 Å². The van der Waals surface area contributed by atoms with Crippen LogP contribution in [0.15, 0.2) is 0 Å². The van der Waals surface area contributed by atoms with Crippen LogP contribution in [0.3, 0.4) is 0 Å². The highest BCUT2D eigenvalue weighted by molar-refractivity contribution is 4.75. The minimum absolute atomic E-state index is 0.308. The summed E-state index contributed by atoms with van der Waals surface area (Å²) in [6, 6.07) is 0. The molecule has 0 N–H and O–H groups in total. The van der Waals surface area contributed by atoms with Gasteiger partial charge in [-0.05, 0) is 12.8 Å². The molecule has 0 aromatic carbocycles. The van der Waals surface area contributed by atoms with Crippen LogP contribution in [0.5, 0.6) is 0 Å². The summed E-state index contributed by atoms with van der Waals surface area (Å²) in [4.78, 5) is 9.68. The summed E-state index contributed by atoms with van der Waals surface area (Å²) >= 11 is 0. The van der Waals surface area contributed by atoms with Crippen molar-refractivity contribution >= 4 is 0 Å². The molecule has 2 atom stereocenters. The van der Waals surface area contributed by atoms with E-state index in [9.17, 15) is 0 Å². The highest BCUT2D eigenvalue weighted by Gasteiger charge is 2.30. The Morgan fingerprint density at radius 3 is 2.90 bits per heavy atom. The van der Waals surface area contributed by atoms with Gasteiger partial charge in [0, 0.05) is 5.92 Å². The zero-order valence-electron chi connectivity index (χ0n) is 5.91. The lowest BCUT2D eigenvalue weighted by atomic mass is 9.87. The molecule has 2 rings (SSSR count). The van der Waals surface area contributed by atoms with E-state index in [1.165, 1.54) is 19.3 Å². The zero-order valence-corrected chi connectivity index (χ0v) is 5.91. The molecule has 0 spiro atoms. The smallest absolute Gasteiger partial charge is 0.101 e. The van der Waals surface area contributed by atoms with Gasteiger partial charge < -0.3 is 0 Å². The molecule has 1 aliphatic carbocycles. The predicted octanol–water partition coefficient (Wildman–Crippen LogP) is 1.44. The van der Waals surface area contributed by atoms with E-state index in [0.29, 0.717) is 18.6 Å². The van der Waals surface area contributed by atoms with Crippen molar-refractivity contribution in [2.45, 2.75) is 31.8 Å². The first-order chi connectivity index (χ1) is 4.97. The molecule has 1 heterocycles. The van der Waals surface area contributed by atoms with E-state index < -0.39 is 0 Å². The van der Waals surface area contributed by atoms with Gasteiger partial charge >= 0.3 is 0 Å². The van der Waals surface area contributed by atoms with Gasteiger partial charge in [0.25, 0.3) is 0 Å². The third-order valence-electron chi connectivity index (χ3n) is 2.33. The summed E-state index contributed by atoms with van der Waals surface area (Å²) in [6.07, 6.45) is 5.25. The lowest BCUT2D eigenvalue weighted by Gasteiger charge is -2.32. The summed E-state index contributed by atoms with van der Waals surface area (Å²) in [5.74, 6) is 0.586. The maximum atomic E-state index is 4.96. The molecule has 0 amide bonds. The molecule has 2 fully saturated rings. The van der Waals surface area contributed by atoms with Gasteiger partial charge in [-0.15, -0.1) is 0 Å². The molecule has 0 bridgehead atoms. The molecule has 0 unspecified atom stereocenters. The SMILES string of the molecule is C1CC[C@H]2OOOC[C@@H]2C1. The average molecular weight is 144 g/mol. The fourth-order valence-corrected chi connectivity index (χ4v) is 1.68. The van der Waals surface area contributed by atoms with Crippen LogP contribution in [-0.4, -0.2) is 12.7 Å². The monoisotopic (exact) mass is 144 g/mol. The van der Waals surface area contributed by atoms with Crippen LogP contribution in [-0.2, 0) is 14.8 Å².